The van der Waals surface area contributed by atoms with E-state index in [1.54, 1.807) is 10.9 Å². The number of rotatable bonds is 7. The van der Waals surface area contributed by atoms with Gasteiger partial charge < -0.3 is 31.4 Å². The first-order valence-electron chi connectivity index (χ1n) is 10.7. The highest BCUT2D eigenvalue weighted by atomic mass is 32.2. The van der Waals surface area contributed by atoms with Crippen LogP contribution in [0.25, 0.3) is 0 Å². The van der Waals surface area contributed by atoms with Gasteiger partial charge in [-0.05, 0) is 0 Å². The topological polar surface area (TPSA) is 201 Å². The number of carboxylic acids is 1. The van der Waals surface area contributed by atoms with Crippen molar-refractivity contribution in [1.29, 1.82) is 0 Å². The number of amides is 2. The zero-order chi connectivity index (χ0) is 25.6. The van der Waals surface area contributed by atoms with E-state index in [0.29, 0.717) is 24.4 Å². The molecule has 36 heavy (non-hydrogen) atoms. The van der Waals surface area contributed by atoms with Crippen molar-refractivity contribution in [2.24, 2.45) is 5.16 Å². The minimum Gasteiger partial charge on any atom is -0.477 e. The van der Waals surface area contributed by atoms with Gasteiger partial charge >= 0.3 is 5.97 Å². The van der Waals surface area contributed by atoms with E-state index >= 15 is 0 Å². The van der Waals surface area contributed by atoms with Crippen molar-refractivity contribution < 1.29 is 34.1 Å². The van der Waals surface area contributed by atoms with Crippen molar-refractivity contribution in [3.8, 4) is 0 Å². The molecular formula is C19H22N9O6S2+. The van der Waals surface area contributed by atoms with Gasteiger partial charge in [0.05, 0.1) is 12.2 Å². The van der Waals surface area contributed by atoms with Gasteiger partial charge in [-0.3, -0.25) is 14.5 Å². The van der Waals surface area contributed by atoms with Crippen LogP contribution < -0.4 is 21.0 Å². The van der Waals surface area contributed by atoms with Gasteiger partial charge in [-0.15, -0.1) is 21.1 Å². The molecule has 3 aliphatic heterocycles. The van der Waals surface area contributed by atoms with E-state index in [1.165, 1.54) is 23.8 Å². The number of aromatic nitrogens is 4. The number of aliphatic hydroxyl groups excluding tert-OH is 1. The molecule has 0 radical (unpaired) electrons. The fraction of sp³-hybridized carbons (Fsp3) is 0.421. The van der Waals surface area contributed by atoms with Gasteiger partial charge in [0.25, 0.3) is 11.8 Å². The lowest BCUT2D eigenvalue weighted by Crippen LogP contribution is -2.71. The SMILES string of the molecule is CON=C(C(=O)N[C@@H]1C(=O)N2C(C(=O)O)=C(C[n+]3ccc4n3CC(O)CN4)CS[C@H]12)c1nsc(N)n1. The quantitative estimate of drug-likeness (QED) is 0.111. The second-order valence-corrected chi connectivity index (χ2v) is 10.0. The van der Waals surface area contributed by atoms with Crippen LogP contribution in [-0.4, -0.2) is 89.6 Å². The Morgan fingerprint density at radius 1 is 1.47 bits per heavy atom. The van der Waals surface area contributed by atoms with E-state index in [4.69, 9.17) is 10.6 Å². The van der Waals surface area contributed by atoms with Crippen LogP contribution >= 0.6 is 23.3 Å². The van der Waals surface area contributed by atoms with Crippen molar-refractivity contribution in [1.82, 2.24) is 24.3 Å². The first-order chi connectivity index (χ1) is 17.3. The van der Waals surface area contributed by atoms with Crippen molar-refractivity contribution in [2.75, 3.05) is 30.5 Å². The van der Waals surface area contributed by atoms with E-state index in [0.717, 1.165) is 17.4 Å². The van der Waals surface area contributed by atoms with E-state index in [9.17, 15) is 24.6 Å². The van der Waals surface area contributed by atoms with Crippen LogP contribution in [0.2, 0.25) is 0 Å². The first kappa shape index (κ1) is 24.0. The smallest absolute Gasteiger partial charge is 0.352 e. The summed E-state index contributed by atoms with van der Waals surface area (Å²) in [5.74, 6) is -1.45. The Hall–Kier alpha value is -3.70. The van der Waals surface area contributed by atoms with Crippen molar-refractivity contribution in [2.45, 2.75) is 30.6 Å². The summed E-state index contributed by atoms with van der Waals surface area (Å²) in [6, 6.07) is 0.875. The molecule has 3 aliphatic rings. The largest absolute Gasteiger partial charge is 0.477 e. The number of thioether (sulfide) groups is 1. The van der Waals surface area contributed by atoms with E-state index in [2.05, 4.69) is 25.1 Å². The van der Waals surface area contributed by atoms with Crippen LogP contribution in [-0.2, 0) is 32.3 Å². The van der Waals surface area contributed by atoms with Crippen LogP contribution in [0.5, 0.6) is 0 Å². The second kappa shape index (κ2) is 9.40. The number of fused-ring (bicyclic) bond motifs is 2. The molecule has 6 N–H and O–H groups in total. The van der Waals surface area contributed by atoms with Crippen LogP contribution in [0.1, 0.15) is 5.82 Å². The summed E-state index contributed by atoms with van der Waals surface area (Å²) >= 11 is 2.22. The highest BCUT2D eigenvalue weighted by Crippen LogP contribution is 2.40. The van der Waals surface area contributed by atoms with Crippen molar-refractivity contribution in [3.63, 3.8) is 0 Å². The van der Waals surface area contributed by atoms with E-state index < -0.39 is 35.3 Å². The number of hydrogen-bond acceptors (Lipinski definition) is 12. The summed E-state index contributed by atoms with van der Waals surface area (Å²) in [4.78, 5) is 47.9. The minimum absolute atomic E-state index is 0.0441. The standard InChI is InChI=1S/C19H21N9O6S2/c1-34-24-11(14-23-19(20)36-25-14)15(30)22-12-16(31)28-13(18(32)33)8(7-35-17(12)28)5-26-3-2-10-21-4-9(29)6-27(10)26/h2-3,9,12,17,29H,4-7H2,1H3,(H4,20,22,23,25,30,32,33)/p+1/t9?,12-,17-/m1/s1. The highest BCUT2D eigenvalue weighted by Gasteiger charge is 2.55. The maximum absolute atomic E-state index is 13.0. The molecule has 5 heterocycles. The molecule has 0 aliphatic carbocycles. The monoisotopic (exact) mass is 536 g/mol. The van der Waals surface area contributed by atoms with Gasteiger partial charge in [-0.25, -0.2) is 4.79 Å². The number of nitrogens with two attached hydrogens (primary N) is 1. The number of β-lactam (4-membered cyclic amide) rings is 1. The molecule has 0 spiro atoms. The summed E-state index contributed by atoms with van der Waals surface area (Å²) < 4.78 is 7.57. The van der Waals surface area contributed by atoms with Gasteiger partial charge in [0, 0.05) is 29.4 Å². The molecule has 2 amide bonds. The molecule has 1 unspecified atom stereocenters. The molecule has 1 fully saturated rings. The maximum Gasteiger partial charge on any atom is 0.352 e. The Kier molecular flexibility index (Phi) is 6.27. The number of hydrogen-bond donors (Lipinski definition) is 5. The summed E-state index contributed by atoms with van der Waals surface area (Å²) in [6.45, 7) is 1.02. The highest BCUT2D eigenvalue weighted by molar-refractivity contribution is 8.00. The average molecular weight is 537 g/mol. The van der Waals surface area contributed by atoms with Crippen LogP contribution in [0, 0.1) is 0 Å². The van der Waals surface area contributed by atoms with E-state index in [1.807, 2.05) is 10.7 Å². The molecule has 17 heteroatoms. The molecule has 2 aromatic heterocycles. The summed E-state index contributed by atoms with van der Waals surface area (Å²) in [7, 11) is 1.25. The lowest BCUT2D eigenvalue weighted by molar-refractivity contribution is -0.768. The molecule has 0 saturated carbocycles. The number of nitrogens with zero attached hydrogens (tertiary/aromatic N) is 6. The molecule has 3 atom stereocenters. The Bertz CT molecular complexity index is 1300. The van der Waals surface area contributed by atoms with Gasteiger partial charge in [-0.2, -0.15) is 9.36 Å². The number of aliphatic hydroxyl groups is 1. The number of anilines is 2. The van der Waals surface area contributed by atoms with Gasteiger partial charge in [0.1, 0.15) is 30.8 Å². The minimum atomic E-state index is -1.23. The van der Waals surface area contributed by atoms with Crippen molar-refractivity contribution in [3.05, 3.63) is 29.4 Å². The summed E-state index contributed by atoms with van der Waals surface area (Å²) in [5, 5.41) is 28.8. The molecule has 5 rings (SSSR count). The number of oxime groups is 1. The second-order valence-electron chi connectivity index (χ2n) is 8.11. The van der Waals surface area contributed by atoms with Crippen LogP contribution in [0.3, 0.4) is 0 Å². The number of nitrogens with one attached hydrogen (secondary N) is 2. The lowest BCUT2D eigenvalue weighted by Gasteiger charge is -2.49. The van der Waals surface area contributed by atoms with Gasteiger partial charge in [0.2, 0.25) is 11.5 Å². The van der Waals surface area contributed by atoms with Gasteiger partial charge in [0.15, 0.2) is 23.7 Å². The Balaban J connectivity index is 1.35. The van der Waals surface area contributed by atoms with E-state index in [-0.39, 0.29) is 28.9 Å². The molecule has 15 nitrogen and oxygen atoms in total. The van der Waals surface area contributed by atoms with Crippen LogP contribution in [0.4, 0.5) is 10.9 Å². The number of β-amino-alcohol motifs (C(OH)–C–C–N with tert-alkyl or cyclic N) is 1. The summed E-state index contributed by atoms with van der Waals surface area (Å²) in [6.07, 6.45) is 1.22. The summed E-state index contributed by atoms with van der Waals surface area (Å²) in [5.41, 5.74) is 5.76. The third kappa shape index (κ3) is 4.14. The molecule has 0 bridgehead atoms. The Morgan fingerprint density at radius 3 is 2.97 bits per heavy atom. The molecule has 0 aromatic carbocycles. The van der Waals surface area contributed by atoms with Gasteiger partial charge in [-0.1, -0.05) is 5.16 Å². The normalized spacial score (nSPS) is 23.4. The van der Waals surface area contributed by atoms with Crippen LogP contribution in [0.15, 0.2) is 28.7 Å². The Labute approximate surface area is 211 Å². The third-order valence-electron chi connectivity index (χ3n) is 5.84. The lowest BCUT2D eigenvalue weighted by atomic mass is 10.0. The fourth-order valence-corrected chi connectivity index (χ4v) is 6.03. The maximum atomic E-state index is 13.0. The zero-order valence-electron chi connectivity index (χ0n) is 18.8. The molecule has 1 saturated heterocycles. The predicted octanol–water partition coefficient (Wildman–Crippen LogP) is -2.21. The fourth-order valence-electron chi connectivity index (χ4n) is 4.26. The zero-order valence-corrected chi connectivity index (χ0v) is 20.5. The number of nitrogen functional groups attached to an aromatic ring is 1. The predicted molar refractivity (Wildman–Crippen MR) is 127 cm³/mol. The molecular weight excluding hydrogens is 514 g/mol. The number of aliphatic carboxylic acids is 1. The number of carbonyl (C=O) groups is 3. The molecule has 2 aromatic rings. The number of carbonyl (C=O) groups excluding carboxylic acids is 2. The Morgan fingerprint density at radius 2 is 2.28 bits per heavy atom. The third-order valence-corrected chi connectivity index (χ3v) is 7.72. The molecule has 190 valence electrons. The first-order valence-corrected chi connectivity index (χ1v) is 12.5. The number of carboxylic acid groups (broad SMARTS) is 1. The van der Waals surface area contributed by atoms with Crippen molar-refractivity contribution >= 4 is 57.7 Å². The average Bonchev–Trinajstić information content (AvgIpc) is 3.46.